The van der Waals surface area contributed by atoms with E-state index in [2.05, 4.69) is 61.7 Å². The van der Waals surface area contributed by atoms with Gasteiger partial charge in [-0.25, -0.2) is 9.59 Å². The first kappa shape index (κ1) is 38.5. The molecule has 4 N–H and O–H groups in total. The molecule has 0 aromatic rings. The van der Waals surface area contributed by atoms with Crippen molar-refractivity contribution in [1.29, 1.82) is 0 Å². The van der Waals surface area contributed by atoms with Gasteiger partial charge in [-0.1, -0.05) is 39.9 Å². The Morgan fingerprint density at radius 3 is 2.38 bits per heavy atom. The highest BCUT2D eigenvalue weighted by atomic mass is 28.3. The Bertz CT molecular complexity index is 1190. The number of nitrogens with zero attached hydrogens (tertiary/aromatic N) is 1. The van der Waals surface area contributed by atoms with Gasteiger partial charge in [0.05, 0.1) is 17.6 Å². The van der Waals surface area contributed by atoms with Gasteiger partial charge < -0.3 is 40.2 Å². The van der Waals surface area contributed by atoms with Gasteiger partial charge in [-0.3, -0.25) is 9.59 Å². The van der Waals surface area contributed by atoms with Crippen LogP contribution in [0.5, 0.6) is 0 Å². The SMILES string of the molecule is CCNC(=O)NCCCC[C@H](NC(=O)[C@@H]1CCCN1C(=O)[C@@H](C[Si](C)(C)C)NC(=O)OC(C)(C)C)B1O[C@@H]2C[C@@H]3C[C@@H](C3(C)C)[C@]2(C)O1. The Morgan fingerprint density at radius 2 is 1.75 bits per heavy atom. The Labute approximate surface area is 289 Å². The van der Waals surface area contributed by atoms with Crippen molar-refractivity contribution in [2.75, 3.05) is 19.6 Å². The summed E-state index contributed by atoms with van der Waals surface area (Å²) in [6.45, 7) is 22.0. The number of unbranched alkanes of at least 4 members (excludes halogenated alkanes) is 1. The third-order valence-corrected chi connectivity index (χ3v) is 12.5. The summed E-state index contributed by atoms with van der Waals surface area (Å²) in [7, 11) is -2.41. The van der Waals surface area contributed by atoms with Crippen molar-refractivity contribution in [3.8, 4) is 0 Å². The molecule has 5 amide bonds. The quantitative estimate of drug-likeness (QED) is 0.165. The van der Waals surface area contributed by atoms with Crippen molar-refractivity contribution in [2.24, 2.45) is 17.3 Å². The molecule has 272 valence electrons. The number of hydrogen-bond donors (Lipinski definition) is 4. The smallest absolute Gasteiger partial charge is 0.444 e. The second kappa shape index (κ2) is 14.9. The zero-order valence-corrected chi connectivity index (χ0v) is 32.1. The van der Waals surface area contributed by atoms with Crippen LogP contribution in [0.1, 0.15) is 93.4 Å². The summed E-state index contributed by atoms with van der Waals surface area (Å²) < 4.78 is 18.9. The normalized spacial score (nSPS) is 28.9. The lowest BCUT2D eigenvalue weighted by atomic mass is 9.43. The van der Waals surface area contributed by atoms with Gasteiger partial charge in [0, 0.05) is 27.7 Å². The summed E-state index contributed by atoms with van der Waals surface area (Å²) >= 11 is 0. The van der Waals surface area contributed by atoms with Crippen LogP contribution >= 0.6 is 0 Å². The van der Waals surface area contributed by atoms with Gasteiger partial charge in [-0.15, -0.1) is 0 Å². The van der Waals surface area contributed by atoms with E-state index in [4.69, 9.17) is 14.0 Å². The summed E-state index contributed by atoms with van der Waals surface area (Å²) in [6.07, 6.45) is 4.74. The summed E-state index contributed by atoms with van der Waals surface area (Å²) in [5.41, 5.74) is -0.926. The first-order chi connectivity index (χ1) is 22.2. The van der Waals surface area contributed by atoms with Crippen LogP contribution < -0.4 is 21.3 Å². The molecule has 0 aromatic heterocycles. The third kappa shape index (κ3) is 9.07. The van der Waals surface area contributed by atoms with Crippen LogP contribution in [0.2, 0.25) is 25.7 Å². The van der Waals surface area contributed by atoms with Crippen molar-refractivity contribution in [2.45, 2.75) is 154 Å². The molecule has 2 saturated heterocycles. The van der Waals surface area contributed by atoms with Gasteiger partial charge in [-0.2, -0.15) is 0 Å². The van der Waals surface area contributed by atoms with Crippen molar-refractivity contribution in [1.82, 2.24) is 26.2 Å². The zero-order chi connectivity index (χ0) is 35.7. The fourth-order valence-electron chi connectivity index (χ4n) is 8.31. The molecular formula is C34H62BN5O7Si. The number of likely N-dealkylation sites (tertiary alicyclic amines) is 1. The Kier molecular flexibility index (Phi) is 11.9. The lowest BCUT2D eigenvalue weighted by molar-refractivity contribution is -0.199. The van der Waals surface area contributed by atoms with E-state index in [9.17, 15) is 19.2 Å². The minimum Gasteiger partial charge on any atom is -0.444 e. The molecule has 12 nitrogen and oxygen atoms in total. The highest BCUT2D eigenvalue weighted by Gasteiger charge is 2.68. The summed E-state index contributed by atoms with van der Waals surface area (Å²) in [4.78, 5) is 54.4. The molecule has 5 rings (SSSR count). The van der Waals surface area contributed by atoms with E-state index in [0.29, 0.717) is 56.8 Å². The molecule has 5 fully saturated rings. The van der Waals surface area contributed by atoms with E-state index in [1.165, 1.54) is 0 Å². The van der Waals surface area contributed by atoms with Gasteiger partial charge in [0.15, 0.2) is 0 Å². The molecule has 48 heavy (non-hydrogen) atoms. The van der Waals surface area contributed by atoms with Gasteiger partial charge in [0.1, 0.15) is 17.7 Å². The van der Waals surface area contributed by atoms with Crippen LogP contribution in [-0.4, -0.2) is 99.0 Å². The lowest BCUT2D eigenvalue weighted by Gasteiger charge is -2.64. The third-order valence-electron chi connectivity index (χ3n) is 10.8. The number of hydrogen-bond acceptors (Lipinski definition) is 7. The van der Waals surface area contributed by atoms with Crippen molar-refractivity contribution in [3.63, 3.8) is 0 Å². The number of alkyl carbamates (subject to hydrolysis) is 1. The molecule has 3 saturated carbocycles. The van der Waals surface area contributed by atoms with Gasteiger partial charge in [0.2, 0.25) is 11.8 Å². The molecule has 2 heterocycles. The monoisotopic (exact) mass is 691 g/mol. The Balaban J connectivity index is 1.46. The van der Waals surface area contributed by atoms with Gasteiger partial charge in [-0.05, 0) is 96.4 Å². The van der Waals surface area contributed by atoms with Crippen LogP contribution in [0.15, 0.2) is 0 Å². The van der Waals surface area contributed by atoms with Crippen LogP contribution in [0.4, 0.5) is 9.59 Å². The van der Waals surface area contributed by atoms with Crippen LogP contribution in [0, 0.1) is 17.3 Å². The van der Waals surface area contributed by atoms with Crippen LogP contribution in [0.3, 0.4) is 0 Å². The number of nitrogens with one attached hydrogen (secondary N) is 4. The van der Waals surface area contributed by atoms with Crippen LogP contribution in [0.25, 0.3) is 0 Å². The minimum absolute atomic E-state index is 0.0242. The fourth-order valence-corrected chi connectivity index (χ4v) is 9.81. The predicted molar refractivity (Wildman–Crippen MR) is 189 cm³/mol. The predicted octanol–water partition coefficient (Wildman–Crippen LogP) is 4.45. The molecule has 14 heteroatoms. The highest BCUT2D eigenvalue weighted by Crippen LogP contribution is 2.65. The molecule has 3 aliphatic carbocycles. The molecular weight excluding hydrogens is 629 g/mol. The number of ether oxygens (including phenoxy) is 1. The largest absolute Gasteiger partial charge is 0.481 e. The first-order valence-corrected chi connectivity index (χ1v) is 21.9. The maximum Gasteiger partial charge on any atom is 0.481 e. The van der Waals surface area contributed by atoms with Crippen LogP contribution in [-0.2, 0) is 23.6 Å². The molecule has 7 atom stereocenters. The second-order valence-corrected chi connectivity index (χ2v) is 22.9. The van der Waals surface area contributed by atoms with E-state index in [0.717, 1.165) is 25.7 Å². The molecule has 2 bridgehead atoms. The standard InChI is InChI=1S/C34H62BN5O7Si/c1-11-36-30(43)37-17-13-12-16-27(35-46-26-20-22-19-25(33(22,5)6)34(26,7)47-35)39-28(41)24-15-14-18-40(24)29(42)23(21-48(8,9)10)38-31(44)45-32(2,3)4/h22-27H,11-21H2,1-10H3,(H,38,44)(H,39,41)(H2,36,37,43)/t22-,23+,24-,25-,26+,27-,34-/m0/s1. The molecule has 2 aliphatic heterocycles. The molecule has 0 radical (unpaired) electrons. The number of rotatable bonds is 13. The topological polar surface area (TPSA) is 147 Å². The Morgan fingerprint density at radius 1 is 1.04 bits per heavy atom. The number of carbonyl (C=O) groups is 4. The average Bonchev–Trinajstić information content (AvgIpc) is 3.58. The molecule has 0 spiro atoms. The fraction of sp³-hybridized carbons (Fsp3) is 0.882. The number of urea groups is 1. The molecule has 5 aliphatic rings. The van der Waals surface area contributed by atoms with Crippen molar-refractivity contribution >= 4 is 39.1 Å². The van der Waals surface area contributed by atoms with E-state index in [1.54, 1.807) is 25.7 Å². The zero-order valence-electron chi connectivity index (χ0n) is 31.1. The number of amides is 5. The first-order valence-electron chi connectivity index (χ1n) is 18.2. The van der Waals surface area contributed by atoms with Crippen molar-refractivity contribution in [3.05, 3.63) is 0 Å². The summed E-state index contributed by atoms with van der Waals surface area (Å²) in [5.74, 6) is 0.0998. The minimum atomic E-state index is -1.80. The lowest BCUT2D eigenvalue weighted by Crippen LogP contribution is -2.65. The Hall–Kier alpha value is -2.32. The molecule has 0 aromatic carbocycles. The maximum atomic E-state index is 14.1. The molecule has 0 unspecified atom stereocenters. The van der Waals surface area contributed by atoms with E-state index in [-0.39, 0.29) is 29.4 Å². The van der Waals surface area contributed by atoms with Crippen molar-refractivity contribution < 1.29 is 33.2 Å². The highest BCUT2D eigenvalue weighted by molar-refractivity contribution is 6.76. The van der Waals surface area contributed by atoms with Gasteiger partial charge in [0.25, 0.3) is 0 Å². The van der Waals surface area contributed by atoms with E-state index >= 15 is 0 Å². The summed E-state index contributed by atoms with van der Waals surface area (Å²) in [5, 5.41) is 11.7. The average molecular weight is 692 g/mol. The number of carbonyl (C=O) groups excluding carboxylic acids is 4. The van der Waals surface area contributed by atoms with E-state index in [1.807, 2.05) is 6.92 Å². The van der Waals surface area contributed by atoms with E-state index < -0.39 is 50.5 Å². The maximum absolute atomic E-state index is 14.1. The summed E-state index contributed by atoms with van der Waals surface area (Å²) in [6, 6.07) is -1.09. The second-order valence-electron chi connectivity index (χ2n) is 17.4. The van der Waals surface area contributed by atoms with Gasteiger partial charge >= 0.3 is 19.2 Å².